The summed E-state index contributed by atoms with van der Waals surface area (Å²) in [6.45, 7) is 5.64. The molecule has 0 aliphatic carbocycles. The highest BCUT2D eigenvalue weighted by Crippen LogP contribution is 2.22. The second kappa shape index (κ2) is 6.11. The lowest BCUT2D eigenvalue weighted by Crippen LogP contribution is -2.09. The van der Waals surface area contributed by atoms with Crippen molar-refractivity contribution >= 4 is 16.9 Å². The number of nitrogens with one attached hydrogen (secondary N) is 1. The Morgan fingerprint density at radius 3 is 2.82 bits per heavy atom. The summed E-state index contributed by atoms with van der Waals surface area (Å²) in [6.07, 6.45) is 4.26. The van der Waals surface area contributed by atoms with E-state index in [9.17, 15) is 0 Å². The average molecular weight is 296 g/mol. The molecule has 2 heterocycles. The highest BCUT2D eigenvalue weighted by atomic mass is 15.3. The van der Waals surface area contributed by atoms with Crippen molar-refractivity contribution in [3.63, 3.8) is 0 Å². The highest BCUT2D eigenvalue weighted by Gasteiger charge is 2.11. The molecule has 3 rings (SSSR count). The highest BCUT2D eigenvalue weighted by molar-refractivity contribution is 5.87. The number of anilines is 1. The van der Waals surface area contributed by atoms with Crippen molar-refractivity contribution in [3.8, 4) is 5.69 Å². The smallest absolute Gasteiger partial charge is 0.168 e. The van der Waals surface area contributed by atoms with Crippen LogP contribution in [0.15, 0.2) is 30.7 Å². The molecule has 0 radical (unpaired) electrons. The van der Waals surface area contributed by atoms with Gasteiger partial charge in [-0.25, -0.2) is 14.6 Å². The number of rotatable bonds is 5. The molecule has 22 heavy (non-hydrogen) atoms. The van der Waals surface area contributed by atoms with Gasteiger partial charge in [-0.1, -0.05) is 6.07 Å². The van der Waals surface area contributed by atoms with Crippen LogP contribution in [0, 0.1) is 13.8 Å². The first-order valence-electron chi connectivity index (χ1n) is 7.41. The van der Waals surface area contributed by atoms with E-state index >= 15 is 0 Å². The minimum absolute atomic E-state index is 0.656. The summed E-state index contributed by atoms with van der Waals surface area (Å²) < 4.78 is 1.84. The number of nitrogens with zero attached hydrogens (tertiary/aromatic N) is 4. The number of aromatic nitrogens is 4. The van der Waals surface area contributed by atoms with Crippen LogP contribution >= 0.6 is 0 Å². The molecule has 0 atom stereocenters. The summed E-state index contributed by atoms with van der Waals surface area (Å²) in [5.41, 5.74) is 9.82. The van der Waals surface area contributed by atoms with E-state index < -0.39 is 0 Å². The largest absolute Gasteiger partial charge is 0.369 e. The summed E-state index contributed by atoms with van der Waals surface area (Å²) in [5.74, 6) is 0.800. The van der Waals surface area contributed by atoms with Crippen molar-refractivity contribution in [1.29, 1.82) is 0 Å². The van der Waals surface area contributed by atoms with E-state index in [1.165, 1.54) is 11.1 Å². The summed E-state index contributed by atoms with van der Waals surface area (Å²) in [7, 11) is 0. The molecule has 6 nitrogen and oxygen atoms in total. The van der Waals surface area contributed by atoms with Crippen LogP contribution in [0.25, 0.3) is 16.7 Å². The van der Waals surface area contributed by atoms with Gasteiger partial charge in [-0.05, 0) is 50.1 Å². The van der Waals surface area contributed by atoms with Gasteiger partial charge in [0.15, 0.2) is 5.65 Å². The molecule has 1 aromatic carbocycles. The van der Waals surface area contributed by atoms with E-state index in [1.807, 2.05) is 4.68 Å². The second-order valence-corrected chi connectivity index (χ2v) is 5.35. The first kappa shape index (κ1) is 14.5. The molecule has 6 heteroatoms. The molecule has 2 aromatic heterocycles. The summed E-state index contributed by atoms with van der Waals surface area (Å²) in [4.78, 5) is 8.68. The maximum atomic E-state index is 5.52. The summed E-state index contributed by atoms with van der Waals surface area (Å²) in [6, 6.07) is 6.27. The Balaban J connectivity index is 2.01. The maximum Gasteiger partial charge on any atom is 0.168 e. The third kappa shape index (κ3) is 2.65. The van der Waals surface area contributed by atoms with Crippen molar-refractivity contribution < 1.29 is 0 Å². The predicted octanol–water partition coefficient (Wildman–Crippen LogP) is 2.19. The first-order valence-corrected chi connectivity index (χ1v) is 7.41. The third-order valence-corrected chi connectivity index (χ3v) is 3.77. The number of hydrogen-bond acceptors (Lipinski definition) is 5. The van der Waals surface area contributed by atoms with Gasteiger partial charge < -0.3 is 11.1 Å². The molecule has 3 aromatic rings. The molecule has 3 N–H and O–H groups in total. The lowest BCUT2D eigenvalue weighted by molar-refractivity contribution is 0.870. The van der Waals surface area contributed by atoms with Crippen LogP contribution in [0.2, 0.25) is 0 Å². The molecule has 0 spiro atoms. The van der Waals surface area contributed by atoms with Crippen molar-refractivity contribution in [2.45, 2.75) is 20.3 Å². The standard InChI is InChI=1S/C16H20N6/c1-11-4-5-13(8-12(11)2)22-16-14(9-21-22)15(19-10-20-16)18-7-3-6-17/h4-5,8-10H,3,6-7,17H2,1-2H3,(H,18,19,20). The molecule has 0 saturated carbocycles. The fourth-order valence-corrected chi connectivity index (χ4v) is 2.34. The van der Waals surface area contributed by atoms with Crippen LogP contribution in [0.3, 0.4) is 0 Å². The lowest BCUT2D eigenvalue weighted by Gasteiger charge is -2.07. The van der Waals surface area contributed by atoms with Gasteiger partial charge in [-0.2, -0.15) is 5.10 Å². The van der Waals surface area contributed by atoms with E-state index in [0.717, 1.165) is 35.5 Å². The first-order chi connectivity index (χ1) is 10.7. The fraction of sp³-hybridized carbons (Fsp3) is 0.312. The van der Waals surface area contributed by atoms with Gasteiger partial charge >= 0.3 is 0 Å². The predicted molar refractivity (Wildman–Crippen MR) is 88.3 cm³/mol. The molecule has 114 valence electrons. The number of benzene rings is 1. The van der Waals surface area contributed by atoms with Crippen LogP contribution in [-0.4, -0.2) is 32.8 Å². The fourth-order valence-electron chi connectivity index (χ4n) is 2.34. The minimum Gasteiger partial charge on any atom is -0.369 e. The molecule has 0 saturated heterocycles. The Bertz CT molecular complexity index is 792. The van der Waals surface area contributed by atoms with Gasteiger partial charge in [0, 0.05) is 6.54 Å². The lowest BCUT2D eigenvalue weighted by atomic mass is 10.1. The molecule has 0 aliphatic rings. The van der Waals surface area contributed by atoms with Gasteiger partial charge in [0.25, 0.3) is 0 Å². The van der Waals surface area contributed by atoms with Crippen LogP contribution in [0.5, 0.6) is 0 Å². The van der Waals surface area contributed by atoms with E-state index in [0.29, 0.717) is 6.54 Å². The number of hydrogen-bond donors (Lipinski definition) is 2. The van der Waals surface area contributed by atoms with Crippen LogP contribution in [0.4, 0.5) is 5.82 Å². The van der Waals surface area contributed by atoms with Gasteiger partial charge in [0.2, 0.25) is 0 Å². The summed E-state index contributed by atoms with van der Waals surface area (Å²) in [5, 5.41) is 8.68. The average Bonchev–Trinajstić information content (AvgIpc) is 2.95. The molecule has 0 bridgehead atoms. The Kier molecular flexibility index (Phi) is 4.02. The second-order valence-electron chi connectivity index (χ2n) is 5.35. The number of nitrogens with two attached hydrogens (primary N) is 1. The zero-order valence-electron chi connectivity index (χ0n) is 12.9. The van der Waals surface area contributed by atoms with Crippen molar-refractivity contribution in [2.24, 2.45) is 5.73 Å². The van der Waals surface area contributed by atoms with Gasteiger partial charge in [-0.15, -0.1) is 0 Å². The molecule has 0 unspecified atom stereocenters. The molecular formula is C16H20N6. The SMILES string of the molecule is Cc1ccc(-n2ncc3c(NCCCN)ncnc32)cc1C. The van der Waals surface area contributed by atoms with Crippen LogP contribution in [0.1, 0.15) is 17.5 Å². The van der Waals surface area contributed by atoms with Crippen molar-refractivity contribution in [1.82, 2.24) is 19.7 Å². The van der Waals surface area contributed by atoms with Crippen LogP contribution in [-0.2, 0) is 0 Å². The van der Waals surface area contributed by atoms with Crippen molar-refractivity contribution in [2.75, 3.05) is 18.4 Å². The number of fused-ring (bicyclic) bond motifs is 1. The zero-order valence-corrected chi connectivity index (χ0v) is 12.9. The Labute approximate surface area is 129 Å². The molecule has 0 aliphatic heterocycles. The number of aryl methyl sites for hydroxylation is 2. The Morgan fingerprint density at radius 2 is 2.05 bits per heavy atom. The Morgan fingerprint density at radius 1 is 1.18 bits per heavy atom. The van der Waals surface area contributed by atoms with Crippen molar-refractivity contribution in [3.05, 3.63) is 41.9 Å². The summed E-state index contributed by atoms with van der Waals surface area (Å²) >= 11 is 0. The minimum atomic E-state index is 0.656. The molecular weight excluding hydrogens is 276 g/mol. The van der Waals surface area contributed by atoms with Gasteiger partial charge in [0.05, 0.1) is 17.3 Å². The van der Waals surface area contributed by atoms with E-state index in [2.05, 4.69) is 52.4 Å². The maximum absolute atomic E-state index is 5.52. The van der Waals surface area contributed by atoms with Gasteiger partial charge in [-0.3, -0.25) is 0 Å². The van der Waals surface area contributed by atoms with E-state index in [4.69, 9.17) is 5.73 Å². The molecule has 0 fully saturated rings. The van der Waals surface area contributed by atoms with Gasteiger partial charge in [0.1, 0.15) is 12.1 Å². The monoisotopic (exact) mass is 296 g/mol. The van der Waals surface area contributed by atoms with E-state index in [1.54, 1.807) is 12.5 Å². The zero-order chi connectivity index (χ0) is 15.5. The quantitative estimate of drug-likeness (QED) is 0.705. The Hall–Kier alpha value is -2.47. The molecule has 0 amide bonds. The normalized spacial score (nSPS) is 11.0. The topological polar surface area (TPSA) is 81.7 Å². The third-order valence-electron chi connectivity index (χ3n) is 3.77. The van der Waals surface area contributed by atoms with Crippen LogP contribution < -0.4 is 11.1 Å². The van der Waals surface area contributed by atoms with E-state index in [-0.39, 0.29) is 0 Å².